The molecule has 0 bridgehead atoms. The Labute approximate surface area is 79.3 Å². The minimum absolute atomic E-state index is 0. The topological polar surface area (TPSA) is 40.1 Å². The van der Waals surface area contributed by atoms with Gasteiger partial charge in [0.05, 0.1) is 0 Å². The Bertz CT molecular complexity index is 44.1. The van der Waals surface area contributed by atoms with Gasteiger partial charge in [0.25, 0.3) is 0 Å². The van der Waals surface area contributed by atoms with Gasteiger partial charge in [-0.15, -0.1) is 0 Å². The molecule has 6 heavy (non-hydrogen) atoms. The van der Waals surface area contributed by atoms with Crippen LogP contribution in [-0.2, 0) is 4.79 Å². The van der Waals surface area contributed by atoms with Crippen LogP contribution < -0.4 is 56.5 Å². The molecule has 0 rings (SSSR count). The van der Waals surface area contributed by atoms with Crippen molar-refractivity contribution in [3.05, 3.63) is 0 Å². The Morgan fingerprint density at radius 1 is 1.83 bits per heavy atom. The van der Waals surface area contributed by atoms with Crippen molar-refractivity contribution in [1.29, 1.82) is 0 Å². The summed E-state index contributed by atoms with van der Waals surface area (Å²) < 4.78 is 0. The first-order chi connectivity index (χ1) is 2.27. The summed E-state index contributed by atoms with van der Waals surface area (Å²) in [6.45, 7) is 0.687. The minimum Gasteiger partial charge on any atom is -0.849 e. The van der Waals surface area contributed by atoms with E-state index in [-0.39, 0.29) is 57.2 Å². The standard InChI is InChI=1S/C3H5O2.K/c1-3(5)2-4;/h2H2,1H3;/q-1;+1. The smallest absolute Gasteiger partial charge is 0.849 e. The molecule has 0 aliphatic rings. The molecule has 0 aliphatic carbocycles. The van der Waals surface area contributed by atoms with E-state index < -0.39 is 6.61 Å². The molecule has 2 nitrogen and oxygen atoms in total. The van der Waals surface area contributed by atoms with Gasteiger partial charge in [-0.3, -0.25) is 0 Å². The molecule has 0 aromatic rings. The molecule has 0 aromatic carbocycles. The van der Waals surface area contributed by atoms with Crippen LogP contribution in [0.1, 0.15) is 6.92 Å². The Morgan fingerprint density at radius 2 is 2.00 bits per heavy atom. The van der Waals surface area contributed by atoms with E-state index in [2.05, 4.69) is 0 Å². The predicted molar refractivity (Wildman–Crippen MR) is 15.5 cm³/mol. The van der Waals surface area contributed by atoms with Gasteiger partial charge >= 0.3 is 51.4 Å². The quantitative estimate of drug-likeness (QED) is 0.324. The molecule has 3 heteroatoms. The van der Waals surface area contributed by atoms with Gasteiger partial charge in [0, 0.05) is 0 Å². The van der Waals surface area contributed by atoms with Crippen molar-refractivity contribution < 1.29 is 61.3 Å². The Hall–Kier alpha value is 1.27. The van der Waals surface area contributed by atoms with Gasteiger partial charge in [0.1, 0.15) is 5.78 Å². The summed E-state index contributed by atoms with van der Waals surface area (Å²) in [6, 6.07) is 0. The van der Waals surface area contributed by atoms with Crippen molar-refractivity contribution in [1.82, 2.24) is 0 Å². The van der Waals surface area contributed by atoms with Crippen molar-refractivity contribution in [3.63, 3.8) is 0 Å². The van der Waals surface area contributed by atoms with Crippen LogP contribution in [0.25, 0.3) is 0 Å². The van der Waals surface area contributed by atoms with Crippen molar-refractivity contribution in [2.24, 2.45) is 0 Å². The maximum Gasteiger partial charge on any atom is 1.00 e. The minimum atomic E-state index is -0.583. The largest absolute Gasteiger partial charge is 1.00 e. The fourth-order valence-corrected chi connectivity index (χ4v) is 0. The van der Waals surface area contributed by atoms with E-state index >= 15 is 0 Å². The number of carbonyl (C=O) groups is 1. The van der Waals surface area contributed by atoms with E-state index in [0.29, 0.717) is 0 Å². The predicted octanol–water partition coefficient (Wildman–Crippen LogP) is -4.06. The SMILES string of the molecule is CC(=O)C[O-].[K+]. The van der Waals surface area contributed by atoms with E-state index in [1.807, 2.05) is 0 Å². The zero-order chi connectivity index (χ0) is 4.28. The van der Waals surface area contributed by atoms with E-state index in [1.54, 1.807) is 0 Å². The van der Waals surface area contributed by atoms with Crippen molar-refractivity contribution in [3.8, 4) is 0 Å². The van der Waals surface area contributed by atoms with E-state index in [0.717, 1.165) is 0 Å². The maximum atomic E-state index is 9.50. The molecular formula is C3H5KO2. The molecule has 0 fully saturated rings. The van der Waals surface area contributed by atoms with Gasteiger partial charge in [-0.05, 0) is 6.92 Å². The first kappa shape index (κ1) is 10.3. The molecule has 30 valence electrons. The molecule has 0 saturated carbocycles. The second-order valence-corrected chi connectivity index (χ2v) is 0.846. The van der Waals surface area contributed by atoms with Crippen LogP contribution in [0.3, 0.4) is 0 Å². The van der Waals surface area contributed by atoms with Gasteiger partial charge in [0.2, 0.25) is 0 Å². The molecular weight excluding hydrogens is 107 g/mol. The zero-order valence-corrected chi connectivity index (χ0v) is 7.15. The normalized spacial score (nSPS) is 6.33. The molecule has 0 radical (unpaired) electrons. The summed E-state index contributed by atoms with van der Waals surface area (Å²) in [5.74, 6) is -0.301. The van der Waals surface area contributed by atoms with E-state index in [9.17, 15) is 9.90 Å². The zero-order valence-electron chi connectivity index (χ0n) is 4.02. The van der Waals surface area contributed by atoms with Gasteiger partial charge in [0.15, 0.2) is 0 Å². The number of hydrogen-bond acceptors (Lipinski definition) is 2. The number of hydrogen-bond donors (Lipinski definition) is 0. The summed E-state index contributed by atoms with van der Waals surface area (Å²) in [6.07, 6.45) is 0. The second kappa shape index (κ2) is 6.27. The van der Waals surface area contributed by atoms with Crippen LogP contribution >= 0.6 is 0 Å². The third kappa shape index (κ3) is 8.98. The van der Waals surface area contributed by atoms with E-state index in [4.69, 9.17) is 0 Å². The molecule has 0 N–H and O–H groups in total. The van der Waals surface area contributed by atoms with Crippen LogP contribution in [-0.4, -0.2) is 12.4 Å². The van der Waals surface area contributed by atoms with E-state index in [1.165, 1.54) is 6.92 Å². The Balaban J connectivity index is 0. The molecule has 0 aliphatic heterocycles. The second-order valence-electron chi connectivity index (χ2n) is 0.846. The molecule has 0 amide bonds. The molecule has 0 heterocycles. The summed E-state index contributed by atoms with van der Waals surface area (Å²) >= 11 is 0. The first-order valence-electron chi connectivity index (χ1n) is 1.35. The first-order valence-corrected chi connectivity index (χ1v) is 1.35. The van der Waals surface area contributed by atoms with Crippen LogP contribution in [0.15, 0.2) is 0 Å². The monoisotopic (exact) mass is 112 g/mol. The summed E-state index contributed by atoms with van der Waals surface area (Å²) in [4.78, 5) is 9.50. The molecule has 0 atom stereocenters. The molecule has 0 unspecified atom stereocenters. The van der Waals surface area contributed by atoms with Crippen molar-refractivity contribution >= 4 is 5.78 Å². The third-order valence-electron chi connectivity index (χ3n) is 0.203. The summed E-state index contributed by atoms with van der Waals surface area (Å²) in [5.41, 5.74) is 0. The fourth-order valence-electron chi connectivity index (χ4n) is 0. The number of ketones is 1. The Kier molecular flexibility index (Phi) is 10.7. The molecule has 0 spiro atoms. The average Bonchev–Trinajstić information content (AvgIpc) is 1.38. The Morgan fingerprint density at radius 3 is 2.00 bits per heavy atom. The maximum absolute atomic E-state index is 9.50. The van der Waals surface area contributed by atoms with Gasteiger partial charge in [-0.25, -0.2) is 0 Å². The summed E-state index contributed by atoms with van der Waals surface area (Å²) in [7, 11) is 0. The molecule has 0 aromatic heterocycles. The van der Waals surface area contributed by atoms with Crippen molar-refractivity contribution in [2.45, 2.75) is 6.92 Å². The van der Waals surface area contributed by atoms with Crippen LogP contribution in [0.4, 0.5) is 0 Å². The van der Waals surface area contributed by atoms with Gasteiger partial charge in [-0.2, -0.15) is 0 Å². The van der Waals surface area contributed by atoms with Crippen LogP contribution in [0.2, 0.25) is 0 Å². The van der Waals surface area contributed by atoms with Crippen LogP contribution in [0, 0.1) is 0 Å². The van der Waals surface area contributed by atoms with Gasteiger partial charge < -0.3 is 9.90 Å². The van der Waals surface area contributed by atoms with Gasteiger partial charge in [-0.1, -0.05) is 6.61 Å². The van der Waals surface area contributed by atoms with Crippen molar-refractivity contribution in [2.75, 3.05) is 6.61 Å². The fraction of sp³-hybridized carbons (Fsp3) is 0.667. The number of rotatable bonds is 1. The number of Topliss-reactive ketones (excluding diaryl/α,β-unsaturated/α-hetero) is 1. The number of carbonyl (C=O) groups excluding carboxylic acids is 1. The average molecular weight is 112 g/mol. The van der Waals surface area contributed by atoms with Crippen LogP contribution in [0.5, 0.6) is 0 Å². The molecule has 0 saturated heterocycles. The summed E-state index contributed by atoms with van der Waals surface area (Å²) in [5, 5.41) is 9.28. The third-order valence-corrected chi connectivity index (χ3v) is 0.203.